The van der Waals surface area contributed by atoms with Crippen LogP contribution in [0.15, 0.2) is 30.4 Å². The number of carboxylic acid groups (broad SMARTS) is 1. The third-order valence-corrected chi connectivity index (χ3v) is 8.82. The number of ether oxygens (including phenoxy) is 4. The van der Waals surface area contributed by atoms with Gasteiger partial charge in [0, 0.05) is 17.4 Å². The van der Waals surface area contributed by atoms with E-state index in [2.05, 4.69) is 11.6 Å². The van der Waals surface area contributed by atoms with Crippen molar-refractivity contribution in [1.82, 2.24) is 4.98 Å². The van der Waals surface area contributed by atoms with Gasteiger partial charge in [0.1, 0.15) is 17.8 Å². The molecular weight excluding hydrogens is 522 g/mol. The Morgan fingerprint density at radius 3 is 2.73 bits per heavy atom. The lowest BCUT2D eigenvalue weighted by Gasteiger charge is -2.60. The third-order valence-electron chi connectivity index (χ3n) is 8.82. The molecule has 4 aliphatic rings. The normalized spacial score (nSPS) is 36.5. The van der Waals surface area contributed by atoms with Gasteiger partial charge in [0.25, 0.3) is 0 Å². The molecule has 4 N–H and O–H groups in total. The number of hydrogen-bond acceptors (Lipinski definition) is 9. The van der Waals surface area contributed by atoms with Gasteiger partial charge in [-0.2, -0.15) is 5.69 Å². The van der Waals surface area contributed by atoms with Gasteiger partial charge in [-0.1, -0.05) is 37.4 Å². The Kier molecular flexibility index (Phi) is 7.47. The van der Waals surface area contributed by atoms with Crippen LogP contribution in [-0.2, 0) is 28.5 Å². The molecule has 1 aromatic heterocycles. The lowest BCUT2D eigenvalue weighted by molar-refractivity contribution is -0.371. The first-order chi connectivity index (χ1) is 19.0. The molecule has 1 spiro atoms. The molecule has 11 heteroatoms. The van der Waals surface area contributed by atoms with E-state index in [1.165, 1.54) is 19.4 Å². The summed E-state index contributed by atoms with van der Waals surface area (Å²) in [7, 11) is 1.22. The summed E-state index contributed by atoms with van der Waals surface area (Å²) in [6.07, 6.45) is 0.0145. The van der Waals surface area contributed by atoms with Crippen LogP contribution in [0, 0.1) is 11.8 Å². The topological polar surface area (TPSA) is 166 Å². The Bertz CT molecular complexity index is 1350. The number of nitrogens with zero attached hydrogens (tertiary/aromatic N) is 1. The number of carboxylic acids is 1. The molecule has 11 nitrogen and oxygen atoms in total. The summed E-state index contributed by atoms with van der Waals surface area (Å²) < 4.78 is 23.4. The third kappa shape index (κ3) is 4.22. The zero-order chi connectivity index (χ0) is 29.0. The molecule has 2 aliphatic carbocycles. The van der Waals surface area contributed by atoms with E-state index in [0.717, 1.165) is 10.9 Å². The van der Waals surface area contributed by atoms with Crippen LogP contribution < -0.4 is 15.6 Å². The molecule has 8 atom stereocenters. The molecule has 5 rings (SSSR count). The van der Waals surface area contributed by atoms with Crippen LogP contribution >= 0.6 is 0 Å². The number of carbonyl (C=O) groups is 2. The van der Waals surface area contributed by atoms with Gasteiger partial charge in [-0.25, -0.2) is 4.79 Å². The van der Waals surface area contributed by atoms with E-state index in [4.69, 9.17) is 18.9 Å². The van der Waals surface area contributed by atoms with Gasteiger partial charge in [0.2, 0.25) is 0 Å². The van der Waals surface area contributed by atoms with Crippen LogP contribution in [0.4, 0.5) is 0 Å². The standard InChI is InChI=1S/C29H36NO10/c1-5-15-17(11-24(32)33)16(25(34)37-4)6-7-22(15)39-27-28(36)9-8-19-18-10-20(14(2)3)30-21(18)13-38-29(19,26(28)35)23(12-31)40-27/h5-6,10,13-15,17,22-23,26-27,31,35-36H,1,7-9,11-12H2,2-4H3,(H,32,33)/q-1/t15-,17+,22-,23-,26-,27-,28-,29-/m1/s1. The predicted molar refractivity (Wildman–Crippen MR) is 140 cm³/mol. The number of aliphatic hydroxyl groups excluding tert-OH is 2. The van der Waals surface area contributed by atoms with E-state index in [-0.39, 0.29) is 30.8 Å². The maximum atomic E-state index is 12.4. The fraction of sp³-hybridized carbons (Fsp3) is 0.586. The molecule has 0 radical (unpaired) electrons. The second kappa shape index (κ2) is 10.5. The molecule has 2 bridgehead atoms. The number of carbonyl (C=O) groups excluding carboxylic acids is 1. The van der Waals surface area contributed by atoms with E-state index < -0.39 is 66.2 Å². The van der Waals surface area contributed by atoms with Crippen molar-refractivity contribution in [3.05, 3.63) is 46.6 Å². The van der Waals surface area contributed by atoms with Crippen LogP contribution in [0.2, 0.25) is 0 Å². The number of esters is 1. The second-order valence-electron chi connectivity index (χ2n) is 11.3. The van der Waals surface area contributed by atoms with E-state index in [9.17, 15) is 30.0 Å². The highest BCUT2D eigenvalue weighted by Crippen LogP contribution is 2.52. The fourth-order valence-electron chi connectivity index (χ4n) is 6.72. The van der Waals surface area contributed by atoms with Crippen molar-refractivity contribution in [2.75, 3.05) is 13.7 Å². The van der Waals surface area contributed by atoms with Crippen LogP contribution in [0.1, 0.15) is 51.1 Å². The smallest absolute Gasteiger partial charge is 0.333 e. The minimum absolute atomic E-state index is 0.0757. The van der Waals surface area contributed by atoms with Gasteiger partial charge in [-0.05, 0) is 36.0 Å². The van der Waals surface area contributed by atoms with Crippen molar-refractivity contribution in [3.8, 4) is 0 Å². The molecule has 2 aliphatic heterocycles. The first-order valence-electron chi connectivity index (χ1n) is 13.5. The minimum Gasteiger partial charge on any atom is -0.658 e. The number of aromatic nitrogens is 1. The number of hydrogen-bond donors (Lipinski definition) is 4. The summed E-state index contributed by atoms with van der Waals surface area (Å²) in [5.74, 6) is -3.00. The zero-order valence-corrected chi connectivity index (χ0v) is 22.8. The maximum Gasteiger partial charge on any atom is 0.333 e. The molecule has 1 aromatic rings. The average Bonchev–Trinajstić information content (AvgIpc) is 3.36. The molecule has 3 heterocycles. The molecule has 1 saturated carbocycles. The van der Waals surface area contributed by atoms with Crippen molar-refractivity contribution in [1.29, 1.82) is 0 Å². The van der Waals surface area contributed by atoms with Crippen molar-refractivity contribution >= 4 is 23.8 Å². The van der Waals surface area contributed by atoms with Gasteiger partial charge in [0.15, 0.2) is 11.9 Å². The molecular formula is C29H36NO10-. The summed E-state index contributed by atoms with van der Waals surface area (Å²) in [5.41, 5.74) is -1.68. The number of fused-ring (bicyclic) bond motifs is 2. The molecule has 0 amide bonds. The quantitative estimate of drug-likeness (QED) is 0.247. The van der Waals surface area contributed by atoms with Crippen molar-refractivity contribution in [3.63, 3.8) is 0 Å². The molecule has 0 unspecified atom stereocenters. The van der Waals surface area contributed by atoms with Crippen LogP contribution in [0.25, 0.3) is 11.8 Å². The lowest BCUT2D eigenvalue weighted by Crippen LogP contribution is -2.77. The van der Waals surface area contributed by atoms with E-state index in [0.29, 0.717) is 17.3 Å². The lowest BCUT2D eigenvalue weighted by atomic mass is 9.63. The predicted octanol–water partition coefficient (Wildman–Crippen LogP) is -0.191. The van der Waals surface area contributed by atoms with Crippen molar-refractivity contribution in [2.45, 2.75) is 81.3 Å². The highest BCUT2D eigenvalue weighted by atomic mass is 16.7. The summed E-state index contributed by atoms with van der Waals surface area (Å²) in [4.78, 5) is 28.7. The monoisotopic (exact) mass is 558 g/mol. The number of aliphatic carboxylic acids is 1. The van der Waals surface area contributed by atoms with E-state index >= 15 is 0 Å². The van der Waals surface area contributed by atoms with Gasteiger partial charge in [-0.15, -0.1) is 6.58 Å². The molecule has 0 aromatic carbocycles. The molecule has 218 valence electrons. The number of aliphatic hydroxyl groups is 3. The largest absolute Gasteiger partial charge is 0.658 e. The van der Waals surface area contributed by atoms with Gasteiger partial charge in [0.05, 0.1) is 32.5 Å². The Hall–Kier alpha value is -2.96. The average molecular weight is 559 g/mol. The van der Waals surface area contributed by atoms with E-state index in [1.54, 1.807) is 6.08 Å². The summed E-state index contributed by atoms with van der Waals surface area (Å²) >= 11 is 0. The number of methoxy groups -OCH3 is 1. The summed E-state index contributed by atoms with van der Waals surface area (Å²) in [6.45, 7) is 7.36. The fourth-order valence-corrected chi connectivity index (χ4v) is 6.72. The Morgan fingerprint density at radius 2 is 2.10 bits per heavy atom. The first-order valence-corrected chi connectivity index (χ1v) is 13.5. The van der Waals surface area contributed by atoms with Gasteiger partial charge >= 0.3 is 11.9 Å². The van der Waals surface area contributed by atoms with Gasteiger partial charge < -0.3 is 44.4 Å². The highest BCUT2D eigenvalue weighted by Gasteiger charge is 2.69. The number of rotatable bonds is 8. The Balaban J connectivity index is 1.50. The minimum atomic E-state index is -1.91. The van der Waals surface area contributed by atoms with Crippen molar-refractivity contribution < 1.29 is 49.0 Å². The van der Waals surface area contributed by atoms with E-state index in [1.807, 2.05) is 19.9 Å². The zero-order valence-electron chi connectivity index (χ0n) is 22.8. The van der Waals surface area contributed by atoms with Gasteiger partial charge in [-0.3, -0.25) is 4.79 Å². The Morgan fingerprint density at radius 1 is 1.35 bits per heavy atom. The first kappa shape index (κ1) is 28.6. The summed E-state index contributed by atoms with van der Waals surface area (Å²) in [5, 5.41) is 45.0. The van der Waals surface area contributed by atoms with Crippen LogP contribution in [-0.4, -0.2) is 81.9 Å². The Labute approximate surface area is 231 Å². The molecule has 2 fully saturated rings. The summed E-state index contributed by atoms with van der Waals surface area (Å²) in [6, 6.07) is 1.95. The van der Waals surface area contributed by atoms with Crippen molar-refractivity contribution in [2.24, 2.45) is 11.8 Å². The molecule has 40 heavy (non-hydrogen) atoms. The van der Waals surface area contributed by atoms with Crippen LogP contribution in [0.5, 0.6) is 0 Å². The maximum absolute atomic E-state index is 12.4. The SMILES string of the molecule is C=C[C@@H]1[C@H](CC(=O)O)C(C(=O)OC)=CC[C@H]1O[C@@H]1O[C@H](CO)[C@]23OC=c4[n-]c(C(C)C)cc4=C2CC[C@@]1(O)[C@H]3O. The van der Waals surface area contributed by atoms with Crippen LogP contribution in [0.3, 0.4) is 0 Å². The molecule has 1 saturated heterocycles. The highest BCUT2D eigenvalue weighted by molar-refractivity contribution is 5.90. The second-order valence-corrected chi connectivity index (χ2v) is 11.3.